The maximum absolute atomic E-state index is 11.7. The summed E-state index contributed by atoms with van der Waals surface area (Å²) in [4.78, 5) is 20.3. The van der Waals surface area contributed by atoms with Crippen LogP contribution < -0.4 is 0 Å². The molecule has 0 radical (unpaired) electrons. The van der Waals surface area contributed by atoms with Crippen molar-refractivity contribution in [1.82, 2.24) is 9.97 Å². The maximum atomic E-state index is 11.7. The number of carbonyl (C=O) groups excluding carboxylic acids is 1. The van der Waals surface area contributed by atoms with E-state index in [9.17, 15) is 4.79 Å². The number of ether oxygens (including phenoxy) is 1. The molecule has 0 aliphatic rings. The molecule has 0 spiro atoms. The molecule has 0 aromatic carbocycles. The number of pyridine rings is 1. The number of aromatic nitrogens is 2. The Morgan fingerprint density at radius 3 is 2.83 bits per heavy atom. The lowest BCUT2D eigenvalue weighted by atomic mass is 9.90. The van der Waals surface area contributed by atoms with E-state index in [4.69, 9.17) is 4.74 Å². The highest BCUT2D eigenvalue weighted by atomic mass is 32.1. The van der Waals surface area contributed by atoms with Gasteiger partial charge in [0.2, 0.25) is 0 Å². The van der Waals surface area contributed by atoms with E-state index in [1.807, 2.05) is 17.5 Å². The number of rotatable bonds is 3. The number of esters is 1. The van der Waals surface area contributed by atoms with Crippen LogP contribution in [0.5, 0.6) is 0 Å². The van der Waals surface area contributed by atoms with Crippen molar-refractivity contribution in [2.75, 3.05) is 7.11 Å². The van der Waals surface area contributed by atoms with E-state index in [-0.39, 0.29) is 5.97 Å². The first kappa shape index (κ1) is 12.7. The molecule has 0 fully saturated rings. The summed E-state index contributed by atoms with van der Waals surface area (Å²) in [5.74, 6) is -0.287. The Bertz CT molecular complexity index is 549. The SMILES string of the molecule is COC(=O)C(C)(C)c1csc(-c2cccnc2)n1. The van der Waals surface area contributed by atoms with Gasteiger partial charge in [-0.05, 0) is 26.0 Å². The van der Waals surface area contributed by atoms with Crippen molar-refractivity contribution in [2.24, 2.45) is 0 Å². The van der Waals surface area contributed by atoms with Gasteiger partial charge in [0, 0.05) is 23.3 Å². The lowest BCUT2D eigenvalue weighted by Crippen LogP contribution is -2.30. The van der Waals surface area contributed by atoms with Gasteiger partial charge in [-0.25, -0.2) is 4.98 Å². The van der Waals surface area contributed by atoms with Crippen molar-refractivity contribution in [3.05, 3.63) is 35.6 Å². The lowest BCUT2D eigenvalue weighted by molar-refractivity contribution is -0.146. The second-order valence-corrected chi connectivity index (χ2v) is 5.25. The van der Waals surface area contributed by atoms with Gasteiger partial charge in [-0.1, -0.05) is 0 Å². The minimum atomic E-state index is -0.730. The minimum Gasteiger partial charge on any atom is -0.468 e. The summed E-state index contributed by atoms with van der Waals surface area (Å²) in [5.41, 5.74) is 0.943. The van der Waals surface area contributed by atoms with Crippen molar-refractivity contribution in [3.8, 4) is 10.6 Å². The third-order valence-electron chi connectivity index (χ3n) is 2.75. The van der Waals surface area contributed by atoms with E-state index in [0.717, 1.165) is 16.3 Å². The molecule has 4 nitrogen and oxygen atoms in total. The fourth-order valence-electron chi connectivity index (χ4n) is 1.54. The topological polar surface area (TPSA) is 52.1 Å². The molecule has 94 valence electrons. The van der Waals surface area contributed by atoms with Crippen molar-refractivity contribution < 1.29 is 9.53 Å². The van der Waals surface area contributed by atoms with Gasteiger partial charge in [-0.3, -0.25) is 9.78 Å². The molecule has 2 aromatic rings. The molecule has 18 heavy (non-hydrogen) atoms. The van der Waals surface area contributed by atoms with Gasteiger partial charge < -0.3 is 4.74 Å². The highest BCUT2D eigenvalue weighted by Gasteiger charge is 2.33. The average Bonchev–Trinajstić information content (AvgIpc) is 2.89. The predicted octanol–water partition coefficient (Wildman–Crippen LogP) is 2.66. The molecule has 0 unspecified atom stereocenters. The van der Waals surface area contributed by atoms with Crippen LogP contribution in [-0.2, 0) is 14.9 Å². The van der Waals surface area contributed by atoms with Crippen molar-refractivity contribution in [3.63, 3.8) is 0 Å². The molecule has 2 heterocycles. The molecular formula is C13H14N2O2S. The molecule has 0 saturated heterocycles. The summed E-state index contributed by atoms with van der Waals surface area (Å²) >= 11 is 1.50. The molecule has 0 bridgehead atoms. The number of hydrogen-bond donors (Lipinski definition) is 0. The number of hydrogen-bond acceptors (Lipinski definition) is 5. The smallest absolute Gasteiger partial charge is 0.317 e. The molecule has 5 heteroatoms. The monoisotopic (exact) mass is 262 g/mol. The fraction of sp³-hybridized carbons (Fsp3) is 0.308. The van der Waals surface area contributed by atoms with Crippen LogP contribution in [0.25, 0.3) is 10.6 Å². The zero-order valence-electron chi connectivity index (χ0n) is 10.5. The van der Waals surface area contributed by atoms with E-state index < -0.39 is 5.41 Å². The molecule has 0 saturated carbocycles. The first-order chi connectivity index (χ1) is 8.55. The number of methoxy groups -OCH3 is 1. The Morgan fingerprint density at radius 2 is 2.22 bits per heavy atom. The van der Waals surface area contributed by atoms with Crippen molar-refractivity contribution in [2.45, 2.75) is 19.3 Å². The molecule has 0 N–H and O–H groups in total. The zero-order chi connectivity index (χ0) is 13.2. The third-order valence-corrected chi connectivity index (χ3v) is 3.64. The van der Waals surface area contributed by atoms with Gasteiger partial charge in [0.1, 0.15) is 10.4 Å². The largest absolute Gasteiger partial charge is 0.468 e. The first-order valence-electron chi connectivity index (χ1n) is 5.50. The van der Waals surface area contributed by atoms with E-state index in [0.29, 0.717) is 0 Å². The van der Waals surface area contributed by atoms with Gasteiger partial charge in [0.05, 0.1) is 12.8 Å². The third kappa shape index (κ3) is 2.26. The summed E-state index contributed by atoms with van der Waals surface area (Å²) < 4.78 is 4.80. The highest BCUT2D eigenvalue weighted by Crippen LogP contribution is 2.30. The predicted molar refractivity (Wildman–Crippen MR) is 70.4 cm³/mol. The Hall–Kier alpha value is -1.75. The summed E-state index contributed by atoms with van der Waals surface area (Å²) in [7, 11) is 1.39. The quantitative estimate of drug-likeness (QED) is 0.798. The van der Waals surface area contributed by atoms with Gasteiger partial charge in [0.25, 0.3) is 0 Å². The number of carbonyl (C=O) groups is 1. The van der Waals surface area contributed by atoms with E-state index in [2.05, 4.69) is 9.97 Å². The maximum Gasteiger partial charge on any atom is 0.317 e. The summed E-state index contributed by atoms with van der Waals surface area (Å²) in [5, 5.41) is 2.74. The van der Waals surface area contributed by atoms with E-state index >= 15 is 0 Å². The Kier molecular flexibility index (Phi) is 3.43. The van der Waals surface area contributed by atoms with Crippen LogP contribution in [-0.4, -0.2) is 23.0 Å². The van der Waals surface area contributed by atoms with Crippen LogP contribution in [0.3, 0.4) is 0 Å². The molecule has 0 aliphatic heterocycles. The molecule has 2 aromatic heterocycles. The Balaban J connectivity index is 2.34. The average molecular weight is 262 g/mol. The van der Waals surface area contributed by atoms with Crippen molar-refractivity contribution in [1.29, 1.82) is 0 Å². The lowest BCUT2D eigenvalue weighted by Gasteiger charge is -2.18. The molecule has 0 aliphatic carbocycles. The first-order valence-corrected chi connectivity index (χ1v) is 6.38. The Morgan fingerprint density at radius 1 is 1.44 bits per heavy atom. The van der Waals surface area contributed by atoms with Crippen LogP contribution in [0.1, 0.15) is 19.5 Å². The van der Waals surface area contributed by atoms with Gasteiger partial charge in [0.15, 0.2) is 0 Å². The Labute approximate surface area is 110 Å². The van der Waals surface area contributed by atoms with E-state index in [1.165, 1.54) is 18.4 Å². The highest BCUT2D eigenvalue weighted by molar-refractivity contribution is 7.13. The van der Waals surface area contributed by atoms with Crippen LogP contribution in [0.4, 0.5) is 0 Å². The number of nitrogens with zero attached hydrogens (tertiary/aromatic N) is 2. The standard InChI is InChI=1S/C13H14N2O2S/c1-13(2,12(16)17-3)10-8-18-11(15-10)9-5-4-6-14-7-9/h4-8H,1-3H3. The van der Waals surface area contributed by atoms with Crippen LogP contribution in [0.15, 0.2) is 29.9 Å². The normalized spacial score (nSPS) is 11.3. The van der Waals surface area contributed by atoms with Gasteiger partial charge in [-0.2, -0.15) is 0 Å². The van der Waals surface area contributed by atoms with Crippen molar-refractivity contribution >= 4 is 17.3 Å². The summed E-state index contributed by atoms with van der Waals surface area (Å²) in [6, 6.07) is 3.81. The molecule has 0 amide bonds. The van der Waals surface area contributed by atoms with E-state index in [1.54, 1.807) is 26.2 Å². The van der Waals surface area contributed by atoms with Crippen LogP contribution in [0.2, 0.25) is 0 Å². The van der Waals surface area contributed by atoms with Crippen LogP contribution in [0, 0.1) is 0 Å². The minimum absolute atomic E-state index is 0.287. The fourth-order valence-corrected chi connectivity index (χ4v) is 2.52. The number of thiazole rings is 1. The summed E-state index contributed by atoms with van der Waals surface area (Å²) in [6.07, 6.45) is 3.48. The summed E-state index contributed by atoms with van der Waals surface area (Å²) in [6.45, 7) is 3.61. The molecule has 2 rings (SSSR count). The van der Waals surface area contributed by atoms with Crippen LogP contribution >= 0.6 is 11.3 Å². The van der Waals surface area contributed by atoms with Gasteiger partial charge in [-0.15, -0.1) is 11.3 Å². The molecular weight excluding hydrogens is 248 g/mol. The second-order valence-electron chi connectivity index (χ2n) is 4.40. The molecule has 0 atom stereocenters. The second kappa shape index (κ2) is 4.86. The van der Waals surface area contributed by atoms with Gasteiger partial charge >= 0.3 is 5.97 Å². The zero-order valence-corrected chi connectivity index (χ0v) is 11.3.